The number of amides is 1. The van der Waals surface area contributed by atoms with Gasteiger partial charge < -0.3 is 10.2 Å². The number of rotatable bonds is 6. The fourth-order valence-electron chi connectivity index (χ4n) is 3.58. The first kappa shape index (κ1) is 22.5. The van der Waals surface area contributed by atoms with Crippen molar-refractivity contribution in [2.24, 2.45) is 0 Å². The first-order chi connectivity index (χ1) is 14.6. The van der Waals surface area contributed by atoms with Gasteiger partial charge in [0.1, 0.15) is 5.69 Å². The van der Waals surface area contributed by atoms with Gasteiger partial charge in [0, 0.05) is 32.2 Å². The van der Waals surface area contributed by atoms with Crippen LogP contribution in [0, 0.1) is 10.1 Å². The number of piperazine rings is 1. The van der Waals surface area contributed by atoms with Gasteiger partial charge in [0.2, 0.25) is 5.91 Å². The summed E-state index contributed by atoms with van der Waals surface area (Å²) in [5, 5.41) is 14.3. The summed E-state index contributed by atoms with van der Waals surface area (Å²) < 4.78 is 38.7. The number of benzene rings is 2. The minimum Gasteiger partial charge on any atom is -0.363 e. The number of halogens is 3. The van der Waals surface area contributed by atoms with E-state index in [0.717, 1.165) is 17.7 Å². The molecule has 0 spiro atoms. The third kappa shape index (κ3) is 5.72. The highest BCUT2D eigenvalue weighted by atomic mass is 19.4. The summed E-state index contributed by atoms with van der Waals surface area (Å²) in [6.45, 7) is 3.74. The molecule has 1 saturated heterocycles. The number of hydrogen-bond donors (Lipinski definition) is 1. The third-order valence-corrected chi connectivity index (χ3v) is 5.26. The topological polar surface area (TPSA) is 78.7 Å². The molecule has 1 amide bonds. The van der Waals surface area contributed by atoms with E-state index in [-0.39, 0.29) is 24.2 Å². The van der Waals surface area contributed by atoms with E-state index >= 15 is 0 Å². The third-order valence-electron chi connectivity index (χ3n) is 5.26. The minimum atomic E-state index is -4.65. The van der Waals surface area contributed by atoms with Gasteiger partial charge in [0.25, 0.3) is 5.69 Å². The van der Waals surface area contributed by atoms with Crippen LogP contribution in [-0.4, -0.2) is 48.5 Å². The molecule has 2 aromatic rings. The lowest BCUT2D eigenvalue weighted by atomic mass is 10.1. The Hall–Kier alpha value is -3.14. The molecular formula is C21H23F3N4O3. The van der Waals surface area contributed by atoms with Gasteiger partial charge in [-0.1, -0.05) is 30.3 Å². The average molecular weight is 436 g/mol. The molecule has 1 N–H and O–H groups in total. The highest BCUT2D eigenvalue weighted by Crippen LogP contribution is 2.36. The maximum absolute atomic E-state index is 12.9. The van der Waals surface area contributed by atoms with E-state index in [9.17, 15) is 28.1 Å². The van der Waals surface area contributed by atoms with Gasteiger partial charge in [-0.05, 0) is 24.6 Å². The van der Waals surface area contributed by atoms with Crippen molar-refractivity contribution >= 4 is 17.3 Å². The van der Waals surface area contributed by atoms with Gasteiger partial charge in [-0.25, -0.2) is 0 Å². The van der Waals surface area contributed by atoms with Gasteiger partial charge >= 0.3 is 6.18 Å². The van der Waals surface area contributed by atoms with Crippen LogP contribution >= 0.6 is 0 Å². The number of carbonyl (C=O) groups is 1. The normalized spacial score (nSPS) is 16.1. The molecule has 166 valence electrons. The Morgan fingerprint density at radius 1 is 1.13 bits per heavy atom. The molecule has 10 heteroatoms. The zero-order valence-corrected chi connectivity index (χ0v) is 16.9. The molecule has 0 radical (unpaired) electrons. The number of hydrogen-bond acceptors (Lipinski definition) is 5. The fourth-order valence-corrected chi connectivity index (χ4v) is 3.58. The number of anilines is 1. The highest BCUT2D eigenvalue weighted by Gasteiger charge is 2.34. The summed E-state index contributed by atoms with van der Waals surface area (Å²) in [5.41, 5.74) is -0.474. The Morgan fingerprint density at radius 2 is 1.77 bits per heavy atom. The Bertz CT molecular complexity index is 929. The van der Waals surface area contributed by atoms with Crippen LogP contribution in [0.4, 0.5) is 24.5 Å². The molecule has 1 aliphatic rings. The van der Waals surface area contributed by atoms with E-state index in [0.29, 0.717) is 32.2 Å². The van der Waals surface area contributed by atoms with E-state index in [1.54, 1.807) is 4.90 Å². The maximum atomic E-state index is 12.9. The van der Waals surface area contributed by atoms with Crippen LogP contribution in [0.25, 0.3) is 0 Å². The lowest BCUT2D eigenvalue weighted by Gasteiger charge is -2.35. The lowest BCUT2D eigenvalue weighted by Crippen LogP contribution is -2.49. The summed E-state index contributed by atoms with van der Waals surface area (Å²) in [6, 6.07) is 12.0. The summed E-state index contributed by atoms with van der Waals surface area (Å²) >= 11 is 0. The van der Waals surface area contributed by atoms with Crippen LogP contribution < -0.4 is 10.2 Å². The number of nitro benzene ring substituents is 1. The van der Waals surface area contributed by atoms with E-state index in [1.165, 1.54) is 0 Å². The van der Waals surface area contributed by atoms with Gasteiger partial charge in [0.15, 0.2) is 0 Å². The molecule has 31 heavy (non-hydrogen) atoms. The van der Waals surface area contributed by atoms with E-state index in [2.05, 4.69) is 5.32 Å². The van der Waals surface area contributed by atoms with Crippen molar-refractivity contribution in [3.63, 3.8) is 0 Å². The van der Waals surface area contributed by atoms with Crippen molar-refractivity contribution in [1.29, 1.82) is 0 Å². The first-order valence-electron chi connectivity index (χ1n) is 9.82. The van der Waals surface area contributed by atoms with Gasteiger partial charge in [-0.2, -0.15) is 13.2 Å². The van der Waals surface area contributed by atoms with Crippen LogP contribution in [0.15, 0.2) is 48.5 Å². The largest absolute Gasteiger partial charge is 0.416 e. The average Bonchev–Trinajstić information content (AvgIpc) is 2.73. The molecule has 3 rings (SSSR count). The second-order valence-electron chi connectivity index (χ2n) is 7.42. The number of nitro groups is 1. The zero-order valence-electron chi connectivity index (χ0n) is 16.9. The molecule has 1 heterocycles. The number of carbonyl (C=O) groups excluding carboxylic acids is 1. The van der Waals surface area contributed by atoms with Crippen molar-refractivity contribution in [3.8, 4) is 0 Å². The number of nitrogens with zero attached hydrogens (tertiary/aromatic N) is 3. The van der Waals surface area contributed by atoms with Crippen molar-refractivity contribution < 1.29 is 22.9 Å². The predicted molar refractivity (Wildman–Crippen MR) is 110 cm³/mol. The quantitative estimate of drug-likeness (QED) is 0.553. The molecule has 2 aromatic carbocycles. The van der Waals surface area contributed by atoms with Crippen LogP contribution in [0.5, 0.6) is 0 Å². The van der Waals surface area contributed by atoms with Crippen molar-refractivity contribution in [3.05, 3.63) is 69.8 Å². The standard InChI is InChI=1S/C21H23F3N4O3/c1-15(16-5-3-2-4-6-16)25-20(29)14-26-9-11-27(12-10-26)18-8-7-17(21(22,23)24)13-19(18)28(30)31/h2-8,13,15H,9-12,14H2,1H3,(H,25,29). The Morgan fingerprint density at radius 3 is 2.35 bits per heavy atom. The Balaban J connectivity index is 1.58. The van der Waals surface area contributed by atoms with E-state index < -0.39 is 22.4 Å². The fraction of sp³-hybridized carbons (Fsp3) is 0.381. The van der Waals surface area contributed by atoms with Gasteiger partial charge in [-0.3, -0.25) is 19.8 Å². The first-order valence-corrected chi connectivity index (χ1v) is 9.82. The molecule has 1 atom stereocenters. The molecule has 1 unspecified atom stereocenters. The van der Waals surface area contributed by atoms with Crippen LogP contribution in [0.2, 0.25) is 0 Å². The summed E-state index contributed by atoms with van der Waals surface area (Å²) in [5.74, 6) is -0.134. The predicted octanol–water partition coefficient (Wildman–Crippen LogP) is 3.61. The summed E-state index contributed by atoms with van der Waals surface area (Å²) in [6.07, 6.45) is -4.65. The second kappa shape index (κ2) is 9.34. The molecule has 1 aliphatic heterocycles. The smallest absolute Gasteiger partial charge is 0.363 e. The highest BCUT2D eigenvalue weighted by molar-refractivity contribution is 5.78. The van der Waals surface area contributed by atoms with E-state index in [1.807, 2.05) is 42.2 Å². The molecule has 0 aromatic heterocycles. The Labute approximate surface area is 177 Å². The number of alkyl halides is 3. The van der Waals surface area contributed by atoms with E-state index in [4.69, 9.17) is 0 Å². The monoisotopic (exact) mass is 436 g/mol. The molecule has 0 bridgehead atoms. The van der Waals surface area contributed by atoms with Crippen molar-refractivity contribution in [2.75, 3.05) is 37.6 Å². The Kier molecular flexibility index (Phi) is 6.79. The molecule has 7 nitrogen and oxygen atoms in total. The van der Waals surface area contributed by atoms with Gasteiger partial charge in [0.05, 0.1) is 23.1 Å². The summed E-state index contributed by atoms with van der Waals surface area (Å²) in [4.78, 5) is 26.5. The van der Waals surface area contributed by atoms with Crippen LogP contribution in [0.3, 0.4) is 0 Å². The zero-order chi connectivity index (χ0) is 22.6. The summed E-state index contributed by atoms with van der Waals surface area (Å²) in [7, 11) is 0. The number of nitrogens with one attached hydrogen (secondary N) is 1. The molecule has 0 aliphatic carbocycles. The maximum Gasteiger partial charge on any atom is 0.416 e. The van der Waals surface area contributed by atoms with Crippen LogP contribution in [-0.2, 0) is 11.0 Å². The van der Waals surface area contributed by atoms with Crippen molar-refractivity contribution in [1.82, 2.24) is 10.2 Å². The molecule has 0 saturated carbocycles. The molecule has 1 fully saturated rings. The molecular weight excluding hydrogens is 413 g/mol. The van der Waals surface area contributed by atoms with Crippen LogP contribution in [0.1, 0.15) is 24.1 Å². The van der Waals surface area contributed by atoms with Gasteiger partial charge in [-0.15, -0.1) is 0 Å². The SMILES string of the molecule is CC(NC(=O)CN1CCN(c2ccc(C(F)(F)F)cc2[N+](=O)[O-])CC1)c1ccccc1. The minimum absolute atomic E-state index is 0.134. The van der Waals surface area contributed by atoms with Crippen molar-refractivity contribution in [2.45, 2.75) is 19.1 Å². The lowest BCUT2D eigenvalue weighted by molar-refractivity contribution is -0.384. The second-order valence-corrected chi connectivity index (χ2v) is 7.42.